The number of fused-ring (bicyclic) bond motifs is 1. The molecule has 3 heteroatoms. The first-order chi connectivity index (χ1) is 6.61. The molecule has 2 atom stereocenters. The minimum absolute atomic E-state index is 0.357. The number of rotatable bonds is 0. The Morgan fingerprint density at radius 2 is 2.14 bits per heavy atom. The van der Waals surface area contributed by atoms with Crippen molar-refractivity contribution in [2.45, 2.75) is 26.1 Å². The van der Waals surface area contributed by atoms with Crippen molar-refractivity contribution in [1.29, 1.82) is 0 Å². The van der Waals surface area contributed by atoms with Crippen molar-refractivity contribution in [2.24, 2.45) is 0 Å². The fraction of sp³-hybridized carbons (Fsp3) is 0.364. The summed E-state index contributed by atoms with van der Waals surface area (Å²) in [5, 5.41) is 0. The highest BCUT2D eigenvalue weighted by atomic mass is 19.1. The molecule has 0 amide bonds. The molecule has 0 N–H and O–H groups in total. The molecule has 0 aliphatic carbocycles. The van der Waals surface area contributed by atoms with Crippen LogP contribution >= 0.6 is 0 Å². The van der Waals surface area contributed by atoms with Gasteiger partial charge >= 0.3 is 5.97 Å². The van der Waals surface area contributed by atoms with E-state index in [1.54, 1.807) is 32.0 Å². The van der Waals surface area contributed by atoms with Crippen LogP contribution in [-0.4, -0.2) is 12.1 Å². The predicted molar refractivity (Wildman–Crippen MR) is 49.9 cm³/mol. The molecular formula is C11H11FO2. The van der Waals surface area contributed by atoms with Crippen LogP contribution in [0.2, 0.25) is 0 Å². The van der Waals surface area contributed by atoms with E-state index in [1.807, 2.05) is 0 Å². The number of carbonyl (C=O) groups is 1. The molecule has 2 nitrogen and oxygen atoms in total. The summed E-state index contributed by atoms with van der Waals surface area (Å²) in [6, 6.07) is 5.14. The van der Waals surface area contributed by atoms with Gasteiger partial charge in [-0.25, -0.2) is 9.18 Å². The smallest absolute Gasteiger partial charge is 0.338 e. The minimum atomic E-state index is -1.20. The monoisotopic (exact) mass is 194 g/mol. The molecule has 0 unspecified atom stereocenters. The predicted octanol–water partition coefficient (Wildman–Crippen LogP) is 2.56. The van der Waals surface area contributed by atoms with Crippen molar-refractivity contribution in [3.63, 3.8) is 0 Å². The van der Waals surface area contributed by atoms with Crippen molar-refractivity contribution in [2.75, 3.05) is 0 Å². The van der Waals surface area contributed by atoms with Gasteiger partial charge in [-0.2, -0.15) is 0 Å². The molecule has 0 bridgehead atoms. The number of halogens is 1. The Kier molecular flexibility index (Phi) is 2.02. The zero-order valence-electron chi connectivity index (χ0n) is 8.08. The number of hydrogen-bond acceptors (Lipinski definition) is 2. The molecule has 0 radical (unpaired) electrons. The number of hydrogen-bond donors (Lipinski definition) is 0. The van der Waals surface area contributed by atoms with E-state index in [-0.39, 0.29) is 0 Å². The lowest BCUT2D eigenvalue weighted by molar-refractivity contribution is 0.00384. The summed E-state index contributed by atoms with van der Waals surface area (Å²) in [7, 11) is 0. The highest BCUT2D eigenvalue weighted by molar-refractivity contribution is 5.92. The Labute approximate surface area is 81.7 Å². The first-order valence-corrected chi connectivity index (χ1v) is 4.56. The SMILES string of the molecule is Cc1cccc2c1[C@H](F)[C@H](C)OC2=O. The average Bonchev–Trinajstić information content (AvgIpc) is 2.14. The van der Waals surface area contributed by atoms with Gasteiger partial charge in [0.25, 0.3) is 0 Å². The summed E-state index contributed by atoms with van der Waals surface area (Å²) < 4.78 is 18.6. The van der Waals surface area contributed by atoms with Gasteiger partial charge in [-0.05, 0) is 25.5 Å². The lowest BCUT2D eigenvalue weighted by Gasteiger charge is -2.26. The van der Waals surface area contributed by atoms with Crippen LogP contribution in [0, 0.1) is 6.92 Å². The number of cyclic esters (lactones) is 1. The topological polar surface area (TPSA) is 26.3 Å². The third-order valence-electron chi connectivity index (χ3n) is 2.52. The summed E-state index contributed by atoms with van der Waals surface area (Å²) in [5.74, 6) is -0.426. The highest BCUT2D eigenvalue weighted by Crippen LogP contribution is 2.34. The molecule has 0 saturated carbocycles. The average molecular weight is 194 g/mol. The van der Waals surface area contributed by atoms with E-state index in [9.17, 15) is 9.18 Å². The Balaban J connectivity index is 2.62. The molecule has 1 aliphatic heterocycles. The van der Waals surface area contributed by atoms with Gasteiger partial charge in [0, 0.05) is 5.56 Å². The zero-order chi connectivity index (χ0) is 10.3. The lowest BCUT2D eigenvalue weighted by Crippen LogP contribution is -2.28. The van der Waals surface area contributed by atoms with Crippen LogP contribution in [0.4, 0.5) is 4.39 Å². The molecule has 0 saturated heterocycles. The van der Waals surface area contributed by atoms with Crippen molar-refractivity contribution >= 4 is 5.97 Å². The van der Waals surface area contributed by atoms with Crippen molar-refractivity contribution in [1.82, 2.24) is 0 Å². The van der Waals surface area contributed by atoms with E-state index in [4.69, 9.17) is 4.74 Å². The molecule has 0 fully saturated rings. The number of carbonyl (C=O) groups excluding carboxylic acids is 1. The summed E-state index contributed by atoms with van der Waals surface area (Å²) >= 11 is 0. The maximum atomic E-state index is 13.7. The second-order valence-electron chi connectivity index (χ2n) is 3.55. The molecule has 74 valence electrons. The maximum Gasteiger partial charge on any atom is 0.338 e. The molecule has 1 aliphatic rings. The van der Waals surface area contributed by atoms with Crippen LogP contribution < -0.4 is 0 Å². The van der Waals surface area contributed by atoms with Crippen molar-refractivity contribution in [3.8, 4) is 0 Å². The van der Waals surface area contributed by atoms with Gasteiger partial charge in [0.15, 0.2) is 6.17 Å². The number of ether oxygens (including phenoxy) is 1. The first-order valence-electron chi connectivity index (χ1n) is 4.56. The third kappa shape index (κ3) is 1.20. The van der Waals surface area contributed by atoms with Gasteiger partial charge in [0.2, 0.25) is 0 Å². The van der Waals surface area contributed by atoms with E-state index < -0.39 is 18.2 Å². The zero-order valence-corrected chi connectivity index (χ0v) is 8.08. The normalized spacial score (nSPS) is 25.5. The number of aryl methyl sites for hydroxylation is 1. The quantitative estimate of drug-likeness (QED) is 0.593. The van der Waals surface area contributed by atoms with E-state index in [0.29, 0.717) is 11.1 Å². The molecule has 0 spiro atoms. The van der Waals surface area contributed by atoms with Crippen LogP contribution in [0.15, 0.2) is 18.2 Å². The van der Waals surface area contributed by atoms with Crippen molar-refractivity contribution < 1.29 is 13.9 Å². The van der Waals surface area contributed by atoms with Crippen LogP contribution in [0.25, 0.3) is 0 Å². The molecule has 1 aromatic rings. The largest absolute Gasteiger partial charge is 0.456 e. The number of alkyl halides is 1. The lowest BCUT2D eigenvalue weighted by atomic mass is 9.93. The van der Waals surface area contributed by atoms with Crippen LogP contribution in [0.3, 0.4) is 0 Å². The minimum Gasteiger partial charge on any atom is -0.456 e. The highest BCUT2D eigenvalue weighted by Gasteiger charge is 2.33. The summed E-state index contributed by atoms with van der Waals surface area (Å²) in [4.78, 5) is 11.4. The van der Waals surface area contributed by atoms with E-state index in [0.717, 1.165) is 5.56 Å². The molecule has 0 aromatic heterocycles. The molecule has 1 heterocycles. The second-order valence-corrected chi connectivity index (χ2v) is 3.55. The Morgan fingerprint density at radius 1 is 1.43 bits per heavy atom. The van der Waals surface area contributed by atoms with E-state index >= 15 is 0 Å². The van der Waals surface area contributed by atoms with Crippen LogP contribution in [-0.2, 0) is 4.74 Å². The van der Waals surface area contributed by atoms with Gasteiger partial charge in [0.1, 0.15) is 6.10 Å². The Hall–Kier alpha value is -1.38. The summed E-state index contributed by atoms with van der Waals surface area (Å²) in [6.45, 7) is 3.37. The van der Waals surface area contributed by atoms with Gasteiger partial charge in [-0.3, -0.25) is 0 Å². The molecule has 1 aromatic carbocycles. The van der Waals surface area contributed by atoms with Gasteiger partial charge in [0.05, 0.1) is 5.56 Å². The number of benzene rings is 1. The number of esters is 1. The van der Waals surface area contributed by atoms with Gasteiger partial charge < -0.3 is 4.74 Å². The third-order valence-corrected chi connectivity index (χ3v) is 2.52. The summed E-state index contributed by atoms with van der Waals surface area (Å²) in [5.41, 5.74) is 1.64. The van der Waals surface area contributed by atoms with Crippen molar-refractivity contribution in [3.05, 3.63) is 34.9 Å². The molecule has 2 rings (SSSR count). The Morgan fingerprint density at radius 3 is 2.86 bits per heavy atom. The standard InChI is InChI=1S/C11H11FO2/c1-6-4-3-5-8-9(6)10(12)7(2)14-11(8)13/h3-5,7,10H,1-2H3/t7-,10+/m0/s1. The van der Waals surface area contributed by atoms with E-state index in [1.165, 1.54) is 0 Å². The van der Waals surface area contributed by atoms with Crippen LogP contribution in [0.5, 0.6) is 0 Å². The van der Waals surface area contributed by atoms with Crippen LogP contribution in [0.1, 0.15) is 34.6 Å². The summed E-state index contributed by atoms with van der Waals surface area (Å²) in [6.07, 6.45) is -1.89. The van der Waals surface area contributed by atoms with Gasteiger partial charge in [-0.15, -0.1) is 0 Å². The fourth-order valence-electron chi connectivity index (χ4n) is 1.75. The molecular weight excluding hydrogens is 183 g/mol. The van der Waals surface area contributed by atoms with Gasteiger partial charge in [-0.1, -0.05) is 12.1 Å². The second kappa shape index (κ2) is 3.08. The molecule has 14 heavy (non-hydrogen) atoms. The maximum absolute atomic E-state index is 13.7. The Bertz CT molecular complexity index is 387. The first kappa shape index (κ1) is 9.19. The fourth-order valence-corrected chi connectivity index (χ4v) is 1.75. The van der Waals surface area contributed by atoms with E-state index in [2.05, 4.69) is 0 Å².